The average molecular weight is 285 g/mol. The van der Waals surface area contributed by atoms with Crippen molar-refractivity contribution in [1.29, 1.82) is 0 Å². The second-order valence-electron chi connectivity index (χ2n) is 5.53. The number of hydrogen-bond donors (Lipinski definition) is 3. The summed E-state index contributed by atoms with van der Waals surface area (Å²) in [6, 6.07) is 1.74. The van der Waals surface area contributed by atoms with Gasteiger partial charge in [0.05, 0.1) is 4.90 Å². The van der Waals surface area contributed by atoms with Crippen molar-refractivity contribution >= 4 is 10.0 Å². The van der Waals surface area contributed by atoms with Crippen molar-refractivity contribution in [3.05, 3.63) is 18.0 Å². The molecule has 0 spiro atoms. The highest BCUT2D eigenvalue weighted by Crippen LogP contribution is 2.32. The first-order valence-corrected chi connectivity index (χ1v) is 8.26. The molecule has 1 heterocycles. The Hall–Kier alpha value is -0.850. The van der Waals surface area contributed by atoms with Crippen LogP contribution in [0.15, 0.2) is 17.2 Å². The van der Waals surface area contributed by atoms with Crippen LogP contribution in [0.3, 0.4) is 0 Å². The lowest BCUT2D eigenvalue weighted by Crippen LogP contribution is -2.37. The molecule has 0 aliphatic heterocycles. The van der Waals surface area contributed by atoms with Gasteiger partial charge in [-0.3, -0.25) is 0 Å². The first-order chi connectivity index (χ1) is 8.94. The maximum Gasteiger partial charge on any atom is 0.242 e. The molecule has 2 rings (SSSR count). The van der Waals surface area contributed by atoms with E-state index < -0.39 is 10.0 Å². The molecule has 3 unspecified atom stereocenters. The van der Waals surface area contributed by atoms with Gasteiger partial charge in [-0.15, -0.1) is 0 Å². The molecule has 19 heavy (non-hydrogen) atoms. The van der Waals surface area contributed by atoms with Crippen LogP contribution in [0.25, 0.3) is 0 Å². The zero-order valence-corrected chi connectivity index (χ0v) is 12.5. The average Bonchev–Trinajstić information content (AvgIpc) is 2.92. The summed E-state index contributed by atoms with van der Waals surface area (Å²) >= 11 is 0. The summed E-state index contributed by atoms with van der Waals surface area (Å²) in [4.78, 5) is 3.30. The Bertz CT molecular complexity index is 524. The Morgan fingerprint density at radius 3 is 2.68 bits per heavy atom. The maximum atomic E-state index is 12.3. The Labute approximate surface area is 115 Å². The van der Waals surface area contributed by atoms with Crippen molar-refractivity contribution in [2.75, 3.05) is 7.05 Å². The predicted molar refractivity (Wildman–Crippen MR) is 75.2 cm³/mol. The topological polar surface area (TPSA) is 74.0 Å². The van der Waals surface area contributed by atoms with Gasteiger partial charge in [-0.1, -0.05) is 13.8 Å². The van der Waals surface area contributed by atoms with Crippen LogP contribution in [-0.2, 0) is 16.6 Å². The second kappa shape index (κ2) is 5.64. The van der Waals surface area contributed by atoms with E-state index in [1.54, 1.807) is 12.3 Å². The fourth-order valence-electron chi connectivity index (χ4n) is 2.66. The van der Waals surface area contributed by atoms with Gasteiger partial charge in [-0.05, 0) is 37.8 Å². The van der Waals surface area contributed by atoms with E-state index in [0.717, 1.165) is 18.5 Å². The molecule has 0 saturated heterocycles. The van der Waals surface area contributed by atoms with E-state index >= 15 is 0 Å². The summed E-state index contributed by atoms with van der Waals surface area (Å²) in [5.74, 6) is 0.976. The Balaban J connectivity index is 2.09. The number of sulfonamides is 1. The van der Waals surface area contributed by atoms with Gasteiger partial charge < -0.3 is 10.3 Å². The van der Waals surface area contributed by atoms with Crippen LogP contribution in [0.2, 0.25) is 0 Å². The zero-order chi connectivity index (χ0) is 14.0. The third-order valence-electron chi connectivity index (χ3n) is 4.17. The van der Waals surface area contributed by atoms with Crippen LogP contribution in [-0.4, -0.2) is 26.5 Å². The minimum atomic E-state index is -3.41. The van der Waals surface area contributed by atoms with E-state index in [9.17, 15) is 8.42 Å². The number of nitrogens with one attached hydrogen (secondary N) is 3. The van der Waals surface area contributed by atoms with E-state index in [4.69, 9.17) is 0 Å². The summed E-state index contributed by atoms with van der Waals surface area (Å²) in [5, 5.41) is 2.99. The molecule has 1 aliphatic carbocycles. The summed E-state index contributed by atoms with van der Waals surface area (Å²) in [7, 11) is -1.58. The van der Waals surface area contributed by atoms with E-state index in [0.29, 0.717) is 23.3 Å². The summed E-state index contributed by atoms with van der Waals surface area (Å²) in [6.45, 7) is 4.93. The molecule has 5 nitrogen and oxygen atoms in total. The van der Waals surface area contributed by atoms with Crippen molar-refractivity contribution in [2.45, 2.75) is 44.2 Å². The van der Waals surface area contributed by atoms with Crippen LogP contribution in [0.4, 0.5) is 0 Å². The summed E-state index contributed by atoms with van der Waals surface area (Å²) in [6.07, 6.45) is 3.57. The molecular weight excluding hydrogens is 262 g/mol. The van der Waals surface area contributed by atoms with Crippen molar-refractivity contribution in [3.8, 4) is 0 Å². The molecule has 0 amide bonds. The van der Waals surface area contributed by atoms with Crippen LogP contribution in [0, 0.1) is 11.8 Å². The fraction of sp³-hybridized carbons (Fsp3) is 0.692. The normalized spacial score (nSPS) is 27.8. The molecule has 0 bridgehead atoms. The molecule has 6 heteroatoms. The Morgan fingerprint density at radius 2 is 2.11 bits per heavy atom. The van der Waals surface area contributed by atoms with E-state index in [1.165, 1.54) is 0 Å². The molecule has 1 aromatic rings. The van der Waals surface area contributed by atoms with Crippen molar-refractivity contribution in [1.82, 2.24) is 15.0 Å². The minimum Gasteiger partial charge on any atom is -0.363 e. The SMILES string of the molecule is CNCc1cc(S(=O)(=O)NC2CCC(C)C2C)c[nH]1. The number of H-pyrrole nitrogens is 1. The van der Waals surface area contributed by atoms with Crippen molar-refractivity contribution < 1.29 is 8.42 Å². The molecule has 3 atom stereocenters. The lowest BCUT2D eigenvalue weighted by Gasteiger charge is -2.19. The molecular formula is C13H23N3O2S. The van der Waals surface area contributed by atoms with Crippen molar-refractivity contribution in [2.24, 2.45) is 11.8 Å². The molecule has 0 aromatic carbocycles. The minimum absolute atomic E-state index is 0.0580. The van der Waals surface area contributed by atoms with Gasteiger partial charge in [0, 0.05) is 24.5 Å². The highest BCUT2D eigenvalue weighted by molar-refractivity contribution is 7.89. The molecule has 0 radical (unpaired) electrons. The molecule has 1 aromatic heterocycles. The fourth-order valence-corrected chi connectivity index (χ4v) is 4.04. The van der Waals surface area contributed by atoms with E-state index in [-0.39, 0.29) is 6.04 Å². The van der Waals surface area contributed by atoms with Gasteiger partial charge >= 0.3 is 0 Å². The van der Waals surface area contributed by atoms with Gasteiger partial charge in [-0.2, -0.15) is 0 Å². The van der Waals surface area contributed by atoms with E-state index in [1.807, 2.05) is 7.05 Å². The standard InChI is InChI=1S/C13H23N3O2S/c1-9-4-5-13(10(9)2)16-19(17,18)12-6-11(7-14-3)15-8-12/h6,8-10,13-16H,4-5,7H2,1-3H3. The number of hydrogen-bond acceptors (Lipinski definition) is 3. The zero-order valence-electron chi connectivity index (χ0n) is 11.7. The quantitative estimate of drug-likeness (QED) is 0.766. The first kappa shape index (κ1) is 14.6. The van der Waals surface area contributed by atoms with E-state index in [2.05, 4.69) is 28.9 Å². The number of aromatic nitrogens is 1. The first-order valence-electron chi connectivity index (χ1n) is 6.78. The lowest BCUT2D eigenvalue weighted by atomic mass is 9.98. The van der Waals surface area contributed by atoms with Gasteiger partial charge in [0.25, 0.3) is 0 Å². The maximum absolute atomic E-state index is 12.3. The monoisotopic (exact) mass is 285 g/mol. The van der Waals surface area contributed by atoms with Gasteiger partial charge in [-0.25, -0.2) is 13.1 Å². The number of aromatic amines is 1. The second-order valence-corrected chi connectivity index (χ2v) is 7.25. The van der Waals surface area contributed by atoms with Crippen molar-refractivity contribution in [3.63, 3.8) is 0 Å². The molecule has 1 fully saturated rings. The van der Waals surface area contributed by atoms with Crippen LogP contribution in [0.5, 0.6) is 0 Å². The van der Waals surface area contributed by atoms with Crippen LogP contribution in [0.1, 0.15) is 32.4 Å². The smallest absolute Gasteiger partial charge is 0.242 e. The van der Waals surface area contributed by atoms with Gasteiger partial charge in [0.2, 0.25) is 10.0 Å². The lowest BCUT2D eigenvalue weighted by molar-refractivity contribution is 0.402. The molecule has 1 saturated carbocycles. The molecule has 3 N–H and O–H groups in total. The predicted octanol–water partition coefficient (Wildman–Crippen LogP) is 1.45. The largest absolute Gasteiger partial charge is 0.363 e. The number of rotatable bonds is 5. The third kappa shape index (κ3) is 3.19. The van der Waals surface area contributed by atoms with Gasteiger partial charge in [0.1, 0.15) is 0 Å². The van der Waals surface area contributed by atoms with Crippen LogP contribution < -0.4 is 10.0 Å². The Kier molecular flexibility index (Phi) is 4.32. The highest BCUT2D eigenvalue weighted by Gasteiger charge is 2.33. The highest BCUT2D eigenvalue weighted by atomic mass is 32.2. The summed E-state index contributed by atoms with van der Waals surface area (Å²) < 4.78 is 27.5. The molecule has 1 aliphatic rings. The molecule has 108 valence electrons. The summed E-state index contributed by atoms with van der Waals surface area (Å²) in [5.41, 5.74) is 0.871. The van der Waals surface area contributed by atoms with Crippen LogP contribution >= 0.6 is 0 Å². The Morgan fingerprint density at radius 1 is 1.37 bits per heavy atom. The third-order valence-corrected chi connectivity index (χ3v) is 5.63. The van der Waals surface area contributed by atoms with Gasteiger partial charge in [0.15, 0.2) is 0 Å².